The first-order chi connectivity index (χ1) is 16.3. The number of carbonyl (C=O) groups excluding carboxylic acids is 1. The number of aromatic amines is 2. The number of fused-ring (bicyclic) bond motifs is 2. The predicted molar refractivity (Wildman–Crippen MR) is 133 cm³/mol. The van der Waals surface area contributed by atoms with Gasteiger partial charge in [-0.3, -0.25) is 9.59 Å². The van der Waals surface area contributed by atoms with Gasteiger partial charge < -0.3 is 19.8 Å². The van der Waals surface area contributed by atoms with Crippen molar-refractivity contribution in [2.24, 2.45) is 0 Å². The number of ether oxygens (including phenoxy) is 1. The second kappa shape index (κ2) is 9.70. The number of esters is 1. The summed E-state index contributed by atoms with van der Waals surface area (Å²) < 4.78 is 5.19. The number of hydrogen-bond donors (Lipinski definition) is 3. The molecule has 3 N–H and O–H groups in total. The van der Waals surface area contributed by atoms with E-state index in [9.17, 15) is 20.0 Å². The molecule has 0 radical (unpaired) electrons. The number of benzene rings is 1. The standard InChI is InChI=1S/C23H21N5O4S2/c1-11-12(2)34-22-19(11)21(30)27-18(28-22)10-33-13(3)23(31)32-9-17(29)14(8-24)20-25-15-6-4-5-7-16(15)26-20/h4-7,13,29H,9-10H2,1-3H3,(H,25,26)(H,27,28,30)/t13-/m0/s1. The monoisotopic (exact) mass is 495 g/mol. The van der Waals surface area contributed by atoms with E-state index in [0.717, 1.165) is 16.0 Å². The number of thioether (sulfide) groups is 1. The smallest absolute Gasteiger partial charge is 0.319 e. The first-order valence-corrected chi connectivity index (χ1v) is 12.2. The van der Waals surface area contributed by atoms with Gasteiger partial charge in [0, 0.05) is 4.88 Å². The fraction of sp³-hybridized carbons (Fsp3) is 0.261. The Balaban J connectivity index is 1.39. The van der Waals surface area contributed by atoms with Crippen LogP contribution >= 0.6 is 23.1 Å². The maximum atomic E-state index is 12.4. The summed E-state index contributed by atoms with van der Waals surface area (Å²) in [6.07, 6.45) is 0. The third-order valence-electron chi connectivity index (χ3n) is 5.27. The quantitative estimate of drug-likeness (QED) is 0.197. The number of hydrogen-bond acceptors (Lipinski definition) is 9. The Kier molecular flexibility index (Phi) is 6.72. The van der Waals surface area contributed by atoms with Crippen molar-refractivity contribution in [2.45, 2.75) is 31.8 Å². The molecule has 4 rings (SSSR count). The molecule has 0 unspecified atom stereocenters. The zero-order valence-corrected chi connectivity index (χ0v) is 20.3. The van der Waals surface area contributed by atoms with Crippen LogP contribution in [0.25, 0.3) is 26.8 Å². The molecule has 0 aliphatic heterocycles. The van der Waals surface area contributed by atoms with Crippen molar-refractivity contribution >= 4 is 55.9 Å². The Morgan fingerprint density at radius 2 is 2.06 bits per heavy atom. The number of rotatable bonds is 7. The molecule has 0 aliphatic rings. The maximum Gasteiger partial charge on any atom is 0.319 e. The molecule has 9 nitrogen and oxygen atoms in total. The van der Waals surface area contributed by atoms with Crippen molar-refractivity contribution < 1.29 is 14.6 Å². The van der Waals surface area contributed by atoms with Crippen molar-refractivity contribution in [3.8, 4) is 6.07 Å². The number of nitrogens with zero attached hydrogens (tertiary/aromatic N) is 3. The number of aromatic nitrogens is 4. The molecule has 0 amide bonds. The van der Waals surface area contributed by atoms with Gasteiger partial charge in [0.1, 0.15) is 34.2 Å². The normalized spacial score (nSPS) is 13.0. The van der Waals surface area contributed by atoms with E-state index in [1.54, 1.807) is 19.1 Å². The molecule has 174 valence electrons. The van der Waals surface area contributed by atoms with Gasteiger partial charge in [0.15, 0.2) is 11.6 Å². The lowest BCUT2D eigenvalue weighted by atomic mass is 10.2. The number of aryl methyl sites for hydroxylation is 2. The molecule has 3 aromatic heterocycles. The minimum Gasteiger partial charge on any atom is -0.507 e. The number of thiophene rings is 1. The molecule has 34 heavy (non-hydrogen) atoms. The van der Waals surface area contributed by atoms with E-state index in [-0.39, 0.29) is 17.0 Å². The van der Waals surface area contributed by atoms with Gasteiger partial charge in [-0.2, -0.15) is 5.26 Å². The summed E-state index contributed by atoms with van der Waals surface area (Å²) in [6, 6.07) is 9.12. The molecule has 11 heteroatoms. The van der Waals surface area contributed by atoms with E-state index in [2.05, 4.69) is 19.9 Å². The molecule has 0 bridgehead atoms. The van der Waals surface area contributed by atoms with Gasteiger partial charge in [0.25, 0.3) is 5.56 Å². The first-order valence-electron chi connectivity index (χ1n) is 10.3. The highest BCUT2D eigenvalue weighted by molar-refractivity contribution is 7.99. The number of aliphatic hydroxyl groups is 1. The number of aliphatic hydroxyl groups excluding tert-OH is 1. The van der Waals surface area contributed by atoms with E-state index in [1.807, 2.05) is 32.0 Å². The van der Waals surface area contributed by atoms with Gasteiger partial charge in [0.2, 0.25) is 0 Å². The van der Waals surface area contributed by atoms with Crippen LogP contribution in [-0.4, -0.2) is 42.9 Å². The summed E-state index contributed by atoms with van der Waals surface area (Å²) in [5.41, 5.74) is 2.01. The molecule has 1 aromatic carbocycles. The Labute approximate surface area is 202 Å². The predicted octanol–water partition coefficient (Wildman–Crippen LogP) is 4.14. The van der Waals surface area contributed by atoms with Gasteiger partial charge in [-0.15, -0.1) is 23.1 Å². The Morgan fingerprint density at radius 1 is 1.29 bits per heavy atom. The molecule has 4 aromatic rings. The van der Waals surface area contributed by atoms with Crippen LogP contribution in [0.5, 0.6) is 0 Å². The fourth-order valence-electron chi connectivity index (χ4n) is 3.29. The number of carbonyl (C=O) groups is 1. The van der Waals surface area contributed by atoms with Gasteiger partial charge in [-0.25, -0.2) is 9.97 Å². The number of para-hydroxylation sites is 2. The average molecular weight is 496 g/mol. The highest BCUT2D eigenvalue weighted by Crippen LogP contribution is 2.27. The third-order valence-corrected chi connectivity index (χ3v) is 7.50. The molecule has 0 saturated carbocycles. The summed E-state index contributed by atoms with van der Waals surface area (Å²) >= 11 is 2.71. The lowest BCUT2D eigenvalue weighted by Gasteiger charge is -2.11. The summed E-state index contributed by atoms with van der Waals surface area (Å²) in [6.45, 7) is 5.05. The minimum absolute atomic E-state index is 0.0964. The summed E-state index contributed by atoms with van der Waals surface area (Å²) in [5, 5.41) is 19.8. The lowest BCUT2D eigenvalue weighted by Crippen LogP contribution is -2.19. The van der Waals surface area contributed by atoms with Gasteiger partial charge in [-0.1, -0.05) is 12.1 Å². The summed E-state index contributed by atoms with van der Waals surface area (Å²) in [7, 11) is 0. The molecule has 0 spiro atoms. The molecular weight excluding hydrogens is 474 g/mol. The van der Waals surface area contributed by atoms with Crippen molar-refractivity contribution in [3.63, 3.8) is 0 Å². The topological polar surface area (TPSA) is 145 Å². The second-order valence-corrected chi connectivity index (χ2v) is 10.1. The van der Waals surface area contributed by atoms with Crippen molar-refractivity contribution in [1.29, 1.82) is 5.26 Å². The van der Waals surface area contributed by atoms with Crippen molar-refractivity contribution in [1.82, 2.24) is 19.9 Å². The first kappa shape index (κ1) is 23.5. The zero-order chi connectivity index (χ0) is 24.4. The number of imidazole rings is 1. The van der Waals surface area contributed by atoms with Gasteiger partial charge in [0.05, 0.1) is 22.2 Å². The maximum absolute atomic E-state index is 12.4. The molecular formula is C23H21N5O4S2. The van der Waals surface area contributed by atoms with Crippen LogP contribution in [0, 0.1) is 25.2 Å². The zero-order valence-electron chi connectivity index (χ0n) is 18.6. The highest BCUT2D eigenvalue weighted by Gasteiger charge is 2.20. The second-order valence-electron chi connectivity index (χ2n) is 7.57. The van der Waals surface area contributed by atoms with Crippen LogP contribution in [-0.2, 0) is 15.3 Å². The van der Waals surface area contributed by atoms with Crippen LogP contribution in [0.15, 0.2) is 34.8 Å². The van der Waals surface area contributed by atoms with Crippen LogP contribution in [0.4, 0.5) is 0 Å². The number of nitrogens with one attached hydrogen (secondary N) is 2. The number of allylic oxidation sites excluding steroid dienone is 1. The number of H-pyrrole nitrogens is 2. The third kappa shape index (κ3) is 4.69. The fourth-order valence-corrected chi connectivity index (χ4v) is 5.09. The van der Waals surface area contributed by atoms with E-state index < -0.39 is 23.6 Å². The number of nitriles is 1. The van der Waals surface area contributed by atoms with E-state index in [1.165, 1.54) is 23.1 Å². The Morgan fingerprint density at radius 3 is 2.79 bits per heavy atom. The molecule has 0 fully saturated rings. The molecule has 0 aliphatic carbocycles. The Bertz CT molecular complexity index is 1490. The van der Waals surface area contributed by atoms with Crippen molar-refractivity contribution in [3.05, 3.63) is 62.5 Å². The average Bonchev–Trinajstić information content (AvgIpc) is 3.36. The molecule has 0 saturated heterocycles. The lowest BCUT2D eigenvalue weighted by molar-refractivity contribution is -0.142. The summed E-state index contributed by atoms with van der Waals surface area (Å²) in [4.78, 5) is 41.1. The van der Waals surface area contributed by atoms with Crippen LogP contribution < -0.4 is 5.56 Å². The van der Waals surface area contributed by atoms with E-state index in [4.69, 9.17) is 4.74 Å². The van der Waals surface area contributed by atoms with E-state index in [0.29, 0.717) is 27.3 Å². The highest BCUT2D eigenvalue weighted by atomic mass is 32.2. The van der Waals surface area contributed by atoms with Crippen LogP contribution in [0.2, 0.25) is 0 Å². The molecule has 3 heterocycles. The SMILES string of the molecule is Cc1sc2nc(CS[C@@H](C)C(=O)OCC(O)=C(C#N)c3nc4ccccc4[nH]3)[nH]c(=O)c2c1C. The van der Waals surface area contributed by atoms with Crippen molar-refractivity contribution in [2.75, 3.05) is 6.61 Å². The van der Waals surface area contributed by atoms with Gasteiger partial charge >= 0.3 is 5.97 Å². The molecule has 1 atom stereocenters. The van der Waals surface area contributed by atoms with Gasteiger partial charge in [-0.05, 0) is 38.5 Å². The van der Waals surface area contributed by atoms with Crippen LogP contribution in [0.1, 0.15) is 29.0 Å². The minimum atomic E-state index is -0.586. The van der Waals surface area contributed by atoms with E-state index >= 15 is 0 Å². The summed E-state index contributed by atoms with van der Waals surface area (Å²) in [5.74, 6) is 0.0189. The van der Waals surface area contributed by atoms with Crippen LogP contribution in [0.3, 0.4) is 0 Å². The largest absolute Gasteiger partial charge is 0.507 e. The Hall–Kier alpha value is -3.62.